The lowest BCUT2D eigenvalue weighted by molar-refractivity contribution is 0.287. The molecule has 0 saturated carbocycles. The maximum absolute atomic E-state index is 12.0. The molecule has 2 aromatic rings. The monoisotopic (exact) mass is 232 g/mol. The molecule has 1 aliphatic rings. The Labute approximate surface area is 99.2 Å². The minimum absolute atomic E-state index is 0.0456. The van der Waals surface area contributed by atoms with Gasteiger partial charge in [0, 0.05) is 26.2 Å². The van der Waals surface area contributed by atoms with E-state index in [2.05, 4.69) is 21.9 Å². The summed E-state index contributed by atoms with van der Waals surface area (Å²) < 4.78 is 1.77. The molecule has 1 saturated heterocycles. The molecule has 0 radical (unpaired) electrons. The molecule has 90 valence electrons. The molecule has 0 atom stereocenters. The molecule has 2 heterocycles. The van der Waals surface area contributed by atoms with Gasteiger partial charge in [0.05, 0.1) is 11.0 Å². The van der Waals surface area contributed by atoms with Crippen LogP contribution in [0.15, 0.2) is 29.1 Å². The predicted octanol–water partition coefficient (Wildman–Crippen LogP) is 0.213. The van der Waals surface area contributed by atoms with Crippen LogP contribution >= 0.6 is 0 Å². The number of hydrogen-bond acceptors (Lipinski definition) is 3. The zero-order chi connectivity index (χ0) is 11.8. The van der Waals surface area contributed by atoms with Crippen LogP contribution in [-0.2, 0) is 0 Å². The molecule has 0 amide bonds. The topological polar surface area (TPSA) is 44.3 Å². The molecule has 1 fully saturated rings. The molecule has 0 aliphatic carbocycles. The number of likely N-dealkylation sites (N-methyl/N-ethyl adjacent to an activating group) is 1. The minimum atomic E-state index is -0.0456. The van der Waals surface area contributed by atoms with Crippen LogP contribution < -0.4 is 10.7 Å². The van der Waals surface area contributed by atoms with Gasteiger partial charge in [0.15, 0.2) is 0 Å². The van der Waals surface area contributed by atoms with Crippen LogP contribution in [0.5, 0.6) is 0 Å². The Bertz CT molecular complexity index is 577. The summed E-state index contributed by atoms with van der Waals surface area (Å²) in [5.74, 6) is 0. The van der Waals surface area contributed by atoms with E-state index in [9.17, 15) is 4.79 Å². The molecule has 5 heteroatoms. The number of H-pyrrole nitrogens is 1. The first-order valence-corrected chi connectivity index (χ1v) is 5.89. The van der Waals surface area contributed by atoms with Crippen LogP contribution in [0.25, 0.3) is 11.0 Å². The molecule has 1 aromatic carbocycles. The third-order valence-corrected chi connectivity index (χ3v) is 3.33. The van der Waals surface area contributed by atoms with E-state index in [1.807, 2.05) is 24.3 Å². The molecular formula is C12H16N4O. The summed E-state index contributed by atoms with van der Waals surface area (Å²) in [7, 11) is 2.11. The highest BCUT2D eigenvalue weighted by molar-refractivity contribution is 5.75. The highest BCUT2D eigenvalue weighted by atomic mass is 16.2. The first kappa shape index (κ1) is 10.4. The summed E-state index contributed by atoms with van der Waals surface area (Å²) in [5.41, 5.74) is 1.81. The van der Waals surface area contributed by atoms with Gasteiger partial charge < -0.3 is 14.9 Å². The van der Waals surface area contributed by atoms with Crippen molar-refractivity contribution in [2.75, 3.05) is 38.2 Å². The minimum Gasteiger partial charge on any atom is -0.306 e. The number of imidazole rings is 1. The third-order valence-electron chi connectivity index (χ3n) is 3.33. The number of fused-ring (bicyclic) bond motifs is 1. The van der Waals surface area contributed by atoms with Crippen molar-refractivity contribution in [2.45, 2.75) is 0 Å². The average Bonchev–Trinajstić information content (AvgIpc) is 2.66. The number of piperazine rings is 1. The lowest BCUT2D eigenvalue weighted by atomic mass is 10.3. The summed E-state index contributed by atoms with van der Waals surface area (Å²) in [5, 5.41) is 2.11. The number of benzene rings is 1. The van der Waals surface area contributed by atoms with Crippen LogP contribution in [0.4, 0.5) is 0 Å². The molecule has 5 nitrogen and oxygen atoms in total. The van der Waals surface area contributed by atoms with Gasteiger partial charge in [-0.3, -0.25) is 0 Å². The van der Waals surface area contributed by atoms with E-state index in [4.69, 9.17) is 0 Å². The zero-order valence-electron chi connectivity index (χ0n) is 9.89. The maximum atomic E-state index is 12.0. The smallest absolute Gasteiger partial charge is 0.306 e. The SMILES string of the molecule is CN1CCN(n2c(=O)[nH]c3ccccc32)CC1. The summed E-state index contributed by atoms with van der Waals surface area (Å²) in [6, 6.07) is 7.81. The summed E-state index contributed by atoms with van der Waals surface area (Å²) in [4.78, 5) is 17.1. The normalized spacial score (nSPS) is 17.8. The lowest BCUT2D eigenvalue weighted by Crippen LogP contribution is -2.52. The van der Waals surface area contributed by atoms with Gasteiger partial charge in [-0.05, 0) is 19.2 Å². The van der Waals surface area contributed by atoms with E-state index in [1.54, 1.807) is 4.68 Å². The number of aromatic nitrogens is 2. The lowest BCUT2D eigenvalue weighted by Gasteiger charge is -2.34. The number of nitrogens with one attached hydrogen (secondary N) is 1. The molecule has 0 unspecified atom stereocenters. The maximum Gasteiger partial charge on any atom is 0.345 e. The Hall–Kier alpha value is -1.75. The second-order valence-corrected chi connectivity index (χ2v) is 4.52. The van der Waals surface area contributed by atoms with Gasteiger partial charge in [0.1, 0.15) is 0 Å². The van der Waals surface area contributed by atoms with E-state index in [0.29, 0.717) is 0 Å². The third kappa shape index (κ3) is 1.72. The zero-order valence-corrected chi connectivity index (χ0v) is 9.89. The van der Waals surface area contributed by atoms with Gasteiger partial charge in [-0.25, -0.2) is 9.47 Å². The fraction of sp³-hybridized carbons (Fsp3) is 0.417. The van der Waals surface area contributed by atoms with Gasteiger partial charge in [0.25, 0.3) is 0 Å². The van der Waals surface area contributed by atoms with E-state index in [-0.39, 0.29) is 5.69 Å². The van der Waals surface area contributed by atoms with E-state index in [1.165, 1.54) is 0 Å². The molecule has 1 N–H and O–H groups in total. The van der Waals surface area contributed by atoms with Crippen LogP contribution in [0, 0.1) is 0 Å². The molecule has 17 heavy (non-hydrogen) atoms. The van der Waals surface area contributed by atoms with Crippen LogP contribution in [0.3, 0.4) is 0 Å². The van der Waals surface area contributed by atoms with Crippen molar-refractivity contribution in [3.63, 3.8) is 0 Å². The van der Waals surface area contributed by atoms with Gasteiger partial charge in [-0.2, -0.15) is 0 Å². The number of rotatable bonds is 1. The van der Waals surface area contributed by atoms with Crippen molar-refractivity contribution in [2.24, 2.45) is 0 Å². The average molecular weight is 232 g/mol. The fourth-order valence-corrected chi connectivity index (χ4v) is 2.32. The van der Waals surface area contributed by atoms with E-state index in [0.717, 1.165) is 37.2 Å². The Kier molecular flexibility index (Phi) is 2.40. The van der Waals surface area contributed by atoms with Crippen LogP contribution in [0.1, 0.15) is 0 Å². The van der Waals surface area contributed by atoms with Crippen molar-refractivity contribution < 1.29 is 0 Å². The fourth-order valence-electron chi connectivity index (χ4n) is 2.32. The molecule has 3 rings (SSSR count). The second kappa shape index (κ2) is 3.92. The van der Waals surface area contributed by atoms with Crippen LogP contribution in [0.2, 0.25) is 0 Å². The number of hydrogen-bond donors (Lipinski definition) is 1. The molecule has 1 aromatic heterocycles. The number of aromatic amines is 1. The standard InChI is InChI=1S/C12H16N4O/c1-14-6-8-15(9-7-14)16-11-5-3-2-4-10(11)13-12(16)17/h2-5H,6-9H2,1H3,(H,13,17). The van der Waals surface area contributed by atoms with Crippen molar-refractivity contribution in [1.82, 2.24) is 14.6 Å². The largest absolute Gasteiger partial charge is 0.345 e. The summed E-state index contributed by atoms with van der Waals surface area (Å²) in [6.07, 6.45) is 0. The quantitative estimate of drug-likeness (QED) is 0.764. The van der Waals surface area contributed by atoms with Crippen molar-refractivity contribution >= 4 is 11.0 Å². The molecule has 0 spiro atoms. The van der Waals surface area contributed by atoms with Gasteiger partial charge in [-0.1, -0.05) is 12.1 Å². The second-order valence-electron chi connectivity index (χ2n) is 4.52. The van der Waals surface area contributed by atoms with E-state index >= 15 is 0 Å². The van der Waals surface area contributed by atoms with Crippen LogP contribution in [-0.4, -0.2) is 47.8 Å². The first-order chi connectivity index (χ1) is 8.25. The van der Waals surface area contributed by atoms with Gasteiger partial charge >= 0.3 is 5.69 Å². The Morgan fingerprint density at radius 3 is 2.59 bits per heavy atom. The van der Waals surface area contributed by atoms with Crippen molar-refractivity contribution in [3.8, 4) is 0 Å². The van der Waals surface area contributed by atoms with Crippen molar-refractivity contribution in [3.05, 3.63) is 34.7 Å². The number of para-hydroxylation sites is 2. The molecule has 1 aliphatic heterocycles. The predicted molar refractivity (Wildman–Crippen MR) is 68.0 cm³/mol. The highest BCUT2D eigenvalue weighted by Crippen LogP contribution is 2.10. The molecule has 0 bridgehead atoms. The summed E-state index contributed by atoms with van der Waals surface area (Å²) >= 11 is 0. The van der Waals surface area contributed by atoms with Gasteiger partial charge in [-0.15, -0.1) is 0 Å². The summed E-state index contributed by atoms with van der Waals surface area (Å²) in [6.45, 7) is 3.76. The highest BCUT2D eigenvalue weighted by Gasteiger charge is 2.17. The Morgan fingerprint density at radius 1 is 1.12 bits per heavy atom. The Balaban J connectivity index is 2.05. The van der Waals surface area contributed by atoms with E-state index < -0.39 is 0 Å². The first-order valence-electron chi connectivity index (χ1n) is 5.89. The Morgan fingerprint density at radius 2 is 1.82 bits per heavy atom. The molecular weight excluding hydrogens is 216 g/mol. The van der Waals surface area contributed by atoms with Gasteiger partial charge in [0.2, 0.25) is 0 Å². The van der Waals surface area contributed by atoms with Crippen molar-refractivity contribution in [1.29, 1.82) is 0 Å². The number of nitrogens with zero attached hydrogens (tertiary/aromatic N) is 3.